The van der Waals surface area contributed by atoms with E-state index < -0.39 is 0 Å². The summed E-state index contributed by atoms with van der Waals surface area (Å²) in [7, 11) is 1.66. The van der Waals surface area contributed by atoms with Gasteiger partial charge in [0.05, 0.1) is 24.1 Å². The SMILES string of the molecule is CCCCCSc1nc2c(c(=O)n1-c1cccc(OC)c1)C1(CCCC1)Cc1ccccc1-2. The zero-order valence-electron chi connectivity index (χ0n) is 19.6. The maximum absolute atomic E-state index is 14.4. The molecule has 172 valence electrons. The summed E-state index contributed by atoms with van der Waals surface area (Å²) < 4.78 is 7.33. The fourth-order valence-electron chi connectivity index (χ4n) is 5.60. The molecule has 1 aromatic heterocycles. The number of fused-ring (bicyclic) bond motifs is 4. The highest BCUT2D eigenvalue weighted by atomic mass is 32.2. The smallest absolute Gasteiger partial charge is 0.263 e. The molecule has 1 heterocycles. The number of hydrogen-bond donors (Lipinski definition) is 0. The Balaban J connectivity index is 1.74. The Morgan fingerprint density at radius 1 is 1.09 bits per heavy atom. The number of methoxy groups -OCH3 is 1. The highest BCUT2D eigenvalue weighted by Crippen LogP contribution is 2.50. The molecular weight excluding hydrogens is 428 g/mol. The quantitative estimate of drug-likeness (QED) is 0.228. The lowest BCUT2D eigenvalue weighted by Gasteiger charge is -2.36. The van der Waals surface area contributed by atoms with Crippen LogP contribution >= 0.6 is 11.8 Å². The zero-order valence-corrected chi connectivity index (χ0v) is 20.4. The molecule has 2 aliphatic rings. The first-order valence-electron chi connectivity index (χ1n) is 12.2. The summed E-state index contributed by atoms with van der Waals surface area (Å²) in [6.07, 6.45) is 8.89. The largest absolute Gasteiger partial charge is 0.497 e. The molecule has 2 aromatic carbocycles. The minimum absolute atomic E-state index is 0.0974. The van der Waals surface area contributed by atoms with E-state index >= 15 is 0 Å². The Labute approximate surface area is 200 Å². The minimum Gasteiger partial charge on any atom is -0.497 e. The molecule has 0 saturated heterocycles. The molecule has 3 aromatic rings. The lowest BCUT2D eigenvalue weighted by Crippen LogP contribution is -2.40. The monoisotopic (exact) mass is 460 g/mol. The fraction of sp³-hybridized carbons (Fsp3) is 0.429. The first-order valence-corrected chi connectivity index (χ1v) is 13.2. The van der Waals surface area contributed by atoms with Crippen LogP contribution in [-0.4, -0.2) is 22.4 Å². The van der Waals surface area contributed by atoms with E-state index in [9.17, 15) is 4.79 Å². The molecule has 5 rings (SSSR count). The summed E-state index contributed by atoms with van der Waals surface area (Å²) in [6, 6.07) is 16.4. The van der Waals surface area contributed by atoms with Crippen molar-refractivity contribution in [3.8, 4) is 22.7 Å². The normalized spacial score (nSPS) is 15.9. The van der Waals surface area contributed by atoms with Gasteiger partial charge in [0.25, 0.3) is 5.56 Å². The molecule has 0 N–H and O–H groups in total. The molecule has 33 heavy (non-hydrogen) atoms. The topological polar surface area (TPSA) is 44.1 Å². The van der Waals surface area contributed by atoms with Gasteiger partial charge in [0.2, 0.25) is 0 Å². The molecular formula is C28H32N2O2S. The van der Waals surface area contributed by atoms with Gasteiger partial charge in [-0.2, -0.15) is 0 Å². The van der Waals surface area contributed by atoms with Gasteiger partial charge in [0, 0.05) is 22.8 Å². The summed E-state index contributed by atoms with van der Waals surface area (Å²) in [6.45, 7) is 2.21. The second kappa shape index (κ2) is 9.38. The van der Waals surface area contributed by atoms with E-state index in [1.807, 2.05) is 28.8 Å². The van der Waals surface area contributed by atoms with Crippen LogP contribution in [0, 0.1) is 0 Å². The van der Waals surface area contributed by atoms with Crippen LogP contribution in [0.4, 0.5) is 0 Å². The van der Waals surface area contributed by atoms with Crippen molar-refractivity contribution in [1.29, 1.82) is 0 Å². The Morgan fingerprint density at radius 2 is 1.91 bits per heavy atom. The summed E-state index contributed by atoms with van der Waals surface area (Å²) in [5.41, 5.74) is 5.15. The molecule has 0 atom stereocenters. The molecule has 0 bridgehead atoms. The van der Waals surface area contributed by atoms with Gasteiger partial charge in [0.1, 0.15) is 5.75 Å². The molecule has 0 aliphatic heterocycles. The van der Waals surface area contributed by atoms with Crippen molar-refractivity contribution in [3.63, 3.8) is 0 Å². The van der Waals surface area contributed by atoms with Gasteiger partial charge in [0.15, 0.2) is 5.16 Å². The number of aromatic nitrogens is 2. The summed E-state index contributed by atoms with van der Waals surface area (Å²) in [5, 5.41) is 0.785. The van der Waals surface area contributed by atoms with Crippen molar-refractivity contribution < 1.29 is 4.74 Å². The van der Waals surface area contributed by atoms with Gasteiger partial charge in [-0.3, -0.25) is 9.36 Å². The average Bonchev–Trinajstić information content (AvgIpc) is 3.30. The van der Waals surface area contributed by atoms with Gasteiger partial charge in [-0.15, -0.1) is 0 Å². The maximum atomic E-state index is 14.4. The molecule has 4 nitrogen and oxygen atoms in total. The van der Waals surface area contributed by atoms with Crippen molar-refractivity contribution in [2.24, 2.45) is 0 Å². The molecule has 1 saturated carbocycles. The van der Waals surface area contributed by atoms with Gasteiger partial charge in [-0.25, -0.2) is 4.98 Å². The predicted molar refractivity (Wildman–Crippen MR) is 136 cm³/mol. The van der Waals surface area contributed by atoms with E-state index in [1.165, 1.54) is 31.2 Å². The third-order valence-corrected chi connectivity index (χ3v) is 8.26. The lowest BCUT2D eigenvalue weighted by molar-refractivity contribution is 0.413. The van der Waals surface area contributed by atoms with E-state index in [4.69, 9.17) is 9.72 Å². The first-order chi connectivity index (χ1) is 16.2. The molecule has 0 unspecified atom stereocenters. The maximum Gasteiger partial charge on any atom is 0.263 e. The summed E-state index contributed by atoms with van der Waals surface area (Å²) in [4.78, 5) is 19.6. The predicted octanol–water partition coefficient (Wildman–Crippen LogP) is 6.56. The van der Waals surface area contributed by atoms with Crippen LogP contribution in [0.1, 0.15) is 63.0 Å². The molecule has 5 heteroatoms. The Bertz CT molecular complexity index is 1210. The third-order valence-electron chi connectivity index (χ3n) is 7.24. The van der Waals surface area contributed by atoms with Crippen molar-refractivity contribution in [2.45, 2.75) is 68.9 Å². The van der Waals surface area contributed by atoms with Crippen molar-refractivity contribution in [1.82, 2.24) is 9.55 Å². The van der Waals surface area contributed by atoms with Gasteiger partial charge < -0.3 is 4.74 Å². The minimum atomic E-state index is -0.0974. The third kappa shape index (κ3) is 4.01. The number of ether oxygens (including phenoxy) is 1. The van der Waals surface area contributed by atoms with Crippen molar-refractivity contribution in [2.75, 3.05) is 12.9 Å². The summed E-state index contributed by atoms with van der Waals surface area (Å²) >= 11 is 1.70. The Kier molecular flexibility index (Phi) is 6.33. The molecule has 0 radical (unpaired) electrons. The van der Waals surface area contributed by atoms with E-state index in [0.717, 1.165) is 64.9 Å². The molecule has 1 fully saturated rings. The van der Waals surface area contributed by atoms with Crippen molar-refractivity contribution >= 4 is 11.8 Å². The van der Waals surface area contributed by atoms with E-state index in [2.05, 4.69) is 31.2 Å². The van der Waals surface area contributed by atoms with Crippen LogP contribution in [0.2, 0.25) is 0 Å². The number of unbranched alkanes of at least 4 members (excludes halogenated alkanes) is 2. The van der Waals surface area contributed by atoms with Crippen LogP contribution in [0.15, 0.2) is 58.5 Å². The van der Waals surface area contributed by atoms with Crippen LogP contribution in [0.3, 0.4) is 0 Å². The molecule has 2 aliphatic carbocycles. The van der Waals surface area contributed by atoms with E-state index in [0.29, 0.717) is 0 Å². The van der Waals surface area contributed by atoms with Gasteiger partial charge >= 0.3 is 0 Å². The van der Waals surface area contributed by atoms with Crippen LogP contribution in [-0.2, 0) is 11.8 Å². The van der Waals surface area contributed by atoms with E-state index in [-0.39, 0.29) is 11.0 Å². The zero-order chi connectivity index (χ0) is 22.8. The number of thioether (sulfide) groups is 1. The molecule has 0 amide bonds. The Morgan fingerprint density at radius 3 is 2.70 bits per heavy atom. The highest BCUT2D eigenvalue weighted by Gasteiger charge is 2.44. The van der Waals surface area contributed by atoms with Crippen LogP contribution < -0.4 is 10.3 Å². The standard InChI is InChI=1S/C28H32N2O2S/c1-3-4-9-17-33-27-29-25-23-14-6-5-11-20(23)19-28(15-7-8-16-28)24(25)26(31)30(27)21-12-10-13-22(18-21)32-2/h5-6,10-14,18H,3-4,7-9,15-17,19H2,1-2H3. The van der Waals surface area contributed by atoms with Gasteiger partial charge in [-0.05, 0) is 43.4 Å². The van der Waals surface area contributed by atoms with E-state index in [1.54, 1.807) is 18.9 Å². The van der Waals surface area contributed by atoms with Crippen LogP contribution in [0.25, 0.3) is 16.9 Å². The fourth-order valence-corrected chi connectivity index (χ4v) is 6.61. The highest BCUT2D eigenvalue weighted by molar-refractivity contribution is 7.99. The van der Waals surface area contributed by atoms with Gasteiger partial charge in [-0.1, -0.05) is 74.7 Å². The summed E-state index contributed by atoms with van der Waals surface area (Å²) in [5.74, 6) is 1.70. The van der Waals surface area contributed by atoms with Crippen molar-refractivity contribution in [3.05, 3.63) is 70.0 Å². The number of benzene rings is 2. The second-order valence-electron chi connectivity index (χ2n) is 9.34. The Hall–Kier alpha value is -2.53. The number of nitrogens with zero attached hydrogens (tertiary/aromatic N) is 2. The number of hydrogen-bond acceptors (Lipinski definition) is 4. The molecule has 1 spiro atoms. The second-order valence-corrected chi connectivity index (χ2v) is 10.4. The number of rotatable bonds is 7. The lowest BCUT2D eigenvalue weighted by atomic mass is 9.68. The van der Waals surface area contributed by atoms with Crippen LogP contribution in [0.5, 0.6) is 5.75 Å². The average molecular weight is 461 g/mol. The first kappa shape index (κ1) is 22.3.